The van der Waals surface area contributed by atoms with Crippen LogP contribution in [0.1, 0.15) is 57.9 Å². The van der Waals surface area contributed by atoms with Crippen molar-refractivity contribution in [2.75, 3.05) is 13.1 Å². The highest BCUT2D eigenvalue weighted by Crippen LogP contribution is 2.43. The fraction of sp³-hybridized carbons (Fsp3) is 0.593. The van der Waals surface area contributed by atoms with Crippen LogP contribution in [0.25, 0.3) is 10.8 Å². The van der Waals surface area contributed by atoms with Crippen LogP contribution in [0.4, 0.5) is 0 Å². The first-order valence-electron chi connectivity index (χ1n) is 12.4. The molecule has 0 saturated carbocycles. The Labute approximate surface area is 197 Å². The number of carboxylic acid groups (broad SMARTS) is 1. The topological polar surface area (TPSA) is 73.7 Å². The second kappa shape index (κ2) is 10.6. The van der Waals surface area contributed by atoms with Gasteiger partial charge in [0, 0.05) is 55.9 Å². The van der Waals surface area contributed by atoms with Gasteiger partial charge in [0.2, 0.25) is 5.91 Å². The molecule has 6 heteroatoms. The SMILES string of the molecule is CC(C)CC[C@H]1[C@H]2C[C@H](CN(Cc3cccc4cnccc34)C2)[C@@H]2CCCC(=O)N21.O=CO. The van der Waals surface area contributed by atoms with Gasteiger partial charge in [0.1, 0.15) is 0 Å². The number of hydrogen-bond acceptors (Lipinski definition) is 4. The molecule has 0 radical (unpaired) electrons. The number of nitrogens with zero attached hydrogens (tertiary/aromatic N) is 3. The lowest BCUT2D eigenvalue weighted by Crippen LogP contribution is -2.64. The molecular formula is C27H37N3O3. The molecule has 3 aliphatic heterocycles. The van der Waals surface area contributed by atoms with E-state index in [9.17, 15) is 4.79 Å². The fourth-order valence-electron chi connectivity index (χ4n) is 6.45. The number of likely N-dealkylation sites (tertiary alicyclic amines) is 1. The molecule has 0 aliphatic carbocycles. The van der Waals surface area contributed by atoms with Crippen LogP contribution in [0, 0.1) is 17.8 Å². The van der Waals surface area contributed by atoms with Crippen molar-refractivity contribution in [1.82, 2.24) is 14.8 Å². The lowest BCUT2D eigenvalue weighted by molar-refractivity contribution is -0.153. The van der Waals surface area contributed by atoms with Crippen LogP contribution >= 0.6 is 0 Å². The first-order chi connectivity index (χ1) is 16.0. The third-order valence-corrected chi connectivity index (χ3v) is 7.78. The van der Waals surface area contributed by atoms with Gasteiger partial charge in [-0.3, -0.25) is 19.5 Å². The summed E-state index contributed by atoms with van der Waals surface area (Å²) >= 11 is 0. The molecule has 3 fully saturated rings. The standard InChI is InChI=1S/C26H35N3O.CH2O2/c1-18(2)9-10-25-22-13-21(24-7-4-8-26(30)29(24)25)16-28(17-22)15-20-6-3-5-19-14-27-12-11-23(19)20;2-1-3/h3,5-6,11-12,14,18,21-22,24-25H,4,7-10,13,15-17H2,1-2H3;1H,(H,2,3)/t21-,22+,24+,25+;/m1./s1. The monoisotopic (exact) mass is 451 g/mol. The summed E-state index contributed by atoms with van der Waals surface area (Å²) in [4.78, 5) is 30.7. The van der Waals surface area contributed by atoms with Gasteiger partial charge in [-0.2, -0.15) is 0 Å². The van der Waals surface area contributed by atoms with Crippen molar-refractivity contribution >= 4 is 23.2 Å². The Morgan fingerprint density at radius 2 is 2.00 bits per heavy atom. The second-order valence-electron chi connectivity index (χ2n) is 10.4. The van der Waals surface area contributed by atoms with Gasteiger partial charge in [0.25, 0.3) is 6.47 Å². The maximum absolute atomic E-state index is 12.9. The number of piperidine rings is 3. The van der Waals surface area contributed by atoms with Gasteiger partial charge in [-0.15, -0.1) is 0 Å². The summed E-state index contributed by atoms with van der Waals surface area (Å²) in [6.45, 7) is 7.62. The van der Waals surface area contributed by atoms with Crippen molar-refractivity contribution < 1.29 is 14.7 Å². The molecule has 3 aliphatic rings. The summed E-state index contributed by atoms with van der Waals surface area (Å²) in [5.41, 5.74) is 1.41. The summed E-state index contributed by atoms with van der Waals surface area (Å²) in [5.74, 6) is 2.40. The first-order valence-corrected chi connectivity index (χ1v) is 12.4. The van der Waals surface area contributed by atoms with Crippen LogP contribution in [0.5, 0.6) is 0 Å². The largest absolute Gasteiger partial charge is 0.483 e. The van der Waals surface area contributed by atoms with Gasteiger partial charge in [0.15, 0.2) is 0 Å². The van der Waals surface area contributed by atoms with Crippen molar-refractivity contribution in [2.45, 2.75) is 71.0 Å². The number of carbonyl (C=O) groups excluding carboxylic acids is 1. The molecule has 2 aromatic rings. The van der Waals surface area contributed by atoms with Crippen molar-refractivity contribution in [3.8, 4) is 0 Å². The molecule has 5 rings (SSSR count). The molecule has 1 aromatic carbocycles. The predicted molar refractivity (Wildman–Crippen MR) is 130 cm³/mol. The Morgan fingerprint density at radius 3 is 2.79 bits per heavy atom. The van der Waals surface area contributed by atoms with Crippen LogP contribution in [-0.2, 0) is 16.1 Å². The Bertz CT molecular complexity index is 957. The van der Waals surface area contributed by atoms with Crippen LogP contribution in [0.15, 0.2) is 36.7 Å². The minimum Gasteiger partial charge on any atom is -0.483 e. The van der Waals surface area contributed by atoms with Crippen LogP contribution in [-0.4, -0.2) is 57.4 Å². The predicted octanol–water partition coefficient (Wildman–Crippen LogP) is 4.57. The van der Waals surface area contributed by atoms with Gasteiger partial charge < -0.3 is 10.0 Å². The smallest absolute Gasteiger partial charge is 0.290 e. The third-order valence-electron chi connectivity index (χ3n) is 7.78. The van der Waals surface area contributed by atoms with E-state index in [1.165, 1.54) is 42.0 Å². The third kappa shape index (κ3) is 5.21. The Morgan fingerprint density at radius 1 is 1.21 bits per heavy atom. The quantitative estimate of drug-likeness (QED) is 0.674. The van der Waals surface area contributed by atoms with Crippen molar-refractivity contribution in [1.29, 1.82) is 0 Å². The van der Waals surface area contributed by atoms with E-state index >= 15 is 0 Å². The molecule has 1 amide bonds. The first kappa shape index (κ1) is 23.7. The highest BCUT2D eigenvalue weighted by Gasteiger charge is 2.48. The number of aromatic nitrogens is 1. The van der Waals surface area contributed by atoms with Gasteiger partial charge >= 0.3 is 0 Å². The average molecular weight is 452 g/mol. The van der Waals surface area contributed by atoms with Crippen LogP contribution in [0.3, 0.4) is 0 Å². The van der Waals surface area contributed by atoms with Gasteiger partial charge in [-0.05, 0) is 66.9 Å². The number of amides is 1. The second-order valence-corrected chi connectivity index (χ2v) is 10.4. The van der Waals surface area contributed by atoms with Gasteiger partial charge in [-0.1, -0.05) is 32.0 Å². The zero-order valence-electron chi connectivity index (χ0n) is 19.9. The van der Waals surface area contributed by atoms with Gasteiger partial charge in [-0.25, -0.2) is 0 Å². The maximum Gasteiger partial charge on any atom is 0.290 e. The minimum absolute atomic E-state index is 0.250. The lowest BCUT2D eigenvalue weighted by atomic mass is 9.70. The summed E-state index contributed by atoms with van der Waals surface area (Å²) in [6, 6.07) is 9.67. The van der Waals surface area contributed by atoms with E-state index in [1.54, 1.807) is 0 Å². The van der Waals surface area contributed by atoms with E-state index < -0.39 is 0 Å². The molecule has 0 spiro atoms. The summed E-state index contributed by atoms with van der Waals surface area (Å²) in [5, 5.41) is 9.44. The van der Waals surface area contributed by atoms with E-state index in [0.29, 0.717) is 35.7 Å². The molecule has 4 heterocycles. The van der Waals surface area contributed by atoms with Crippen molar-refractivity contribution in [2.24, 2.45) is 17.8 Å². The molecule has 4 atom stereocenters. The van der Waals surface area contributed by atoms with E-state index in [4.69, 9.17) is 9.90 Å². The molecule has 1 N–H and O–H groups in total. The van der Waals surface area contributed by atoms with E-state index in [1.807, 2.05) is 12.4 Å². The van der Waals surface area contributed by atoms with Crippen molar-refractivity contribution in [3.63, 3.8) is 0 Å². The molecule has 2 bridgehead atoms. The Balaban J connectivity index is 0.000000821. The van der Waals surface area contributed by atoms with Gasteiger partial charge in [0.05, 0.1) is 0 Å². The van der Waals surface area contributed by atoms with E-state index in [-0.39, 0.29) is 6.47 Å². The average Bonchev–Trinajstić information content (AvgIpc) is 2.80. The molecule has 178 valence electrons. The molecule has 1 aromatic heterocycles. The number of fused-ring (bicyclic) bond motifs is 5. The Hall–Kier alpha value is -2.47. The van der Waals surface area contributed by atoms with Crippen LogP contribution in [0.2, 0.25) is 0 Å². The highest BCUT2D eigenvalue weighted by atomic mass is 16.3. The molecule has 33 heavy (non-hydrogen) atoms. The molecular weight excluding hydrogens is 414 g/mol. The van der Waals surface area contributed by atoms with Crippen molar-refractivity contribution in [3.05, 3.63) is 42.2 Å². The summed E-state index contributed by atoms with van der Waals surface area (Å²) in [7, 11) is 0. The minimum atomic E-state index is -0.250. The number of pyridine rings is 1. The highest BCUT2D eigenvalue weighted by molar-refractivity contribution is 5.84. The molecule has 6 nitrogen and oxygen atoms in total. The van der Waals surface area contributed by atoms with E-state index in [2.05, 4.69) is 52.9 Å². The summed E-state index contributed by atoms with van der Waals surface area (Å²) < 4.78 is 0. The lowest BCUT2D eigenvalue weighted by Gasteiger charge is -2.57. The number of rotatable bonds is 5. The maximum atomic E-state index is 12.9. The number of benzene rings is 1. The molecule has 3 saturated heterocycles. The Kier molecular flexibility index (Phi) is 7.63. The summed E-state index contributed by atoms with van der Waals surface area (Å²) in [6.07, 6.45) is 10.6. The zero-order valence-corrected chi connectivity index (χ0v) is 19.9. The normalized spacial score (nSPS) is 27.1. The molecule has 0 unspecified atom stereocenters. The number of hydrogen-bond donors (Lipinski definition) is 1. The van der Waals surface area contributed by atoms with Crippen LogP contribution < -0.4 is 0 Å². The van der Waals surface area contributed by atoms with E-state index in [0.717, 1.165) is 32.5 Å². The zero-order chi connectivity index (χ0) is 23.4. The number of carbonyl (C=O) groups is 2. The fourth-order valence-corrected chi connectivity index (χ4v) is 6.45.